The number of benzene rings is 3. The summed E-state index contributed by atoms with van der Waals surface area (Å²) in [6, 6.07) is 30.2. The van der Waals surface area contributed by atoms with E-state index >= 15 is 0 Å². The van der Waals surface area contributed by atoms with Crippen LogP contribution in [0, 0.1) is 6.92 Å². The Labute approximate surface area is 139 Å². The zero-order chi connectivity index (χ0) is 15.9. The second-order valence-corrected chi connectivity index (χ2v) is 5.95. The third kappa shape index (κ3) is 4.43. The van der Waals surface area contributed by atoms with E-state index in [2.05, 4.69) is 97.9 Å². The van der Waals surface area contributed by atoms with Gasteiger partial charge in [-0.1, -0.05) is 96.6 Å². The van der Waals surface area contributed by atoms with Crippen molar-refractivity contribution in [3.63, 3.8) is 0 Å². The zero-order valence-corrected chi connectivity index (χ0v) is 13.6. The number of rotatable bonds is 5. The molecule has 0 aliphatic carbocycles. The van der Waals surface area contributed by atoms with Gasteiger partial charge >= 0.3 is 0 Å². The lowest BCUT2D eigenvalue weighted by molar-refractivity contribution is 1.21. The molecular weight excluding hydrogens is 276 g/mol. The average Bonchev–Trinajstić information content (AvgIpc) is 2.62. The van der Waals surface area contributed by atoms with E-state index in [0.717, 1.165) is 12.8 Å². The van der Waals surface area contributed by atoms with Crippen molar-refractivity contribution < 1.29 is 0 Å². The molecule has 0 radical (unpaired) electrons. The Morgan fingerprint density at radius 3 is 1.96 bits per heavy atom. The Kier molecular flexibility index (Phi) is 5.06. The number of allylic oxidation sites excluding steroid dienone is 2. The highest BCUT2D eigenvalue weighted by atomic mass is 14.1. The van der Waals surface area contributed by atoms with E-state index in [1.54, 1.807) is 0 Å². The number of hydrogen-bond acceptors (Lipinski definition) is 0. The fraction of sp³-hybridized carbons (Fsp3) is 0.130. The fourth-order valence-corrected chi connectivity index (χ4v) is 2.73. The van der Waals surface area contributed by atoms with E-state index in [-0.39, 0.29) is 0 Å². The van der Waals surface area contributed by atoms with Gasteiger partial charge in [0.05, 0.1) is 0 Å². The van der Waals surface area contributed by atoms with Crippen LogP contribution in [0.25, 0.3) is 5.57 Å². The standard InChI is InChI=1S/C23H22/c1-19-12-14-21(15-13-19)18-23(22-10-6-3-7-11-22)17-16-20-8-4-2-5-9-20/h2-15,17H,16,18H2,1H3/b23-17-. The molecule has 0 aliphatic heterocycles. The summed E-state index contributed by atoms with van der Waals surface area (Å²) in [6.07, 6.45) is 4.30. The van der Waals surface area contributed by atoms with Crippen LogP contribution in [0.2, 0.25) is 0 Å². The van der Waals surface area contributed by atoms with Gasteiger partial charge in [0.2, 0.25) is 0 Å². The first-order chi connectivity index (χ1) is 11.3. The van der Waals surface area contributed by atoms with Crippen LogP contribution in [0.5, 0.6) is 0 Å². The molecule has 3 rings (SSSR count). The third-order valence-corrected chi connectivity index (χ3v) is 4.09. The van der Waals surface area contributed by atoms with Crippen LogP contribution in [0.4, 0.5) is 0 Å². The SMILES string of the molecule is Cc1ccc(C/C(=C/Cc2ccccc2)c2ccccc2)cc1. The molecule has 0 nitrogen and oxygen atoms in total. The minimum atomic E-state index is 0.969. The van der Waals surface area contributed by atoms with Gasteiger partial charge in [-0.25, -0.2) is 0 Å². The van der Waals surface area contributed by atoms with Crippen LogP contribution in [0.1, 0.15) is 22.3 Å². The molecule has 0 spiro atoms. The molecule has 0 amide bonds. The van der Waals surface area contributed by atoms with Crippen molar-refractivity contribution in [2.24, 2.45) is 0 Å². The highest BCUT2D eigenvalue weighted by Crippen LogP contribution is 2.21. The first kappa shape index (κ1) is 15.3. The van der Waals surface area contributed by atoms with Crippen LogP contribution in [0.15, 0.2) is 91.0 Å². The van der Waals surface area contributed by atoms with E-state index in [4.69, 9.17) is 0 Å². The van der Waals surface area contributed by atoms with Crippen molar-refractivity contribution in [3.05, 3.63) is 113 Å². The van der Waals surface area contributed by atoms with Gasteiger partial charge in [0.25, 0.3) is 0 Å². The molecule has 0 saturated heterocycles. The summed E-state index contributed by atoms with van der Waals surface area (Å²) < 4.78 is 0. The topological polar surface area (TPSA) is 0 Å². The van der Waals surface area contributed by atoms with Gasteiger partial charge in [0.1, 0.15) is 0 Å². The van der Waals surface area contributed by atoms with Crippen LogP contribution < -0.4 is 0 Å². The lowest BCUT2D eigenvalue weighted by Crippen LogP contribution is -1.93. The average molecular weight is 298 g/mol. The van der Waals surface area contributed by atoms with Crippen LogP contribution in [0.3, 0.4) is 0 Å². The van der Waals surface area contributed by atoms with Crippen molar-refractivity contribution in [1.29, 1.82) is 0 Å². The second-order valence-electron chi connectivity index (χ2n) is 5.95. The Morgan fingerprint density at radius 2 is 1.30 bits per heavy atom. The van der Waals surface area contributed by atoms with Crippen LogP contribution in [-0.4, -0.2) is 0 Å². The van der Waals surface area contributed by atoms with Gasteiger partial charge < -0.3 is 0 Å². The van der Waals surface area contributed by atoms with Crippen molar-refractivity contribution in [2.45, 2.75) is 19.8 Å². The maximum Gasteiger partial charge on any atom is -0.00229 e. The monoisotopic (exact) mass is 298 g/mol. The van der Waals surface area contributed by atoms with Crippen molar-refractivity contribution in [1.82, 2.24) is 0 Å². The van der Waals surface area contributed by atoms with Crippen molar-refractivity contribution >= 4 is 5.57 Å². The molecule has 0 fully saturated rings. The Bertz CT molecular complexity index is 750. The molecule has 0 saturated carbocycles. The summed E-state index contributed by atoms with van der Waals surface area (Å²) in [5.41, 5.74) is 6.72. The van der Waals surface area contributed by atoms with Gasteiger partial charge in [-0.3, -0.25) is 0 Å². The summed E-state index contributed by atoms with van der Waals surface area (Å²) in [7, 11) is 0. The molecular formula is C23H22. The minimum Gasteiger partial charge on any atom is -0.0760 e. The van der Waals surface area contributed by atoms with E-state index in [9.17, 15) is 0 Å². The van der Waals surface area contributed by atoms with Crippen LogP contribution >= 0.6 is 0 Å². The highest BCUT2D eigenvalue weighted by Gasteiger charge is 2.03. The predicted octanol–water partition coefficient (Wildman–Crippen LogP) is 5.86. The molecule has 0 aromatic heterocycles. The van der Waals surface area contributed by atoms with E-state index in [1.165, 1.54) is 27.8 Å². The van der Waals surface area contributed by atoms with Gasteiger partial charge in [-0.05, 0) is 42.0 Å². The Balaban J connectivity index is 1.86. The molecule has 114 valence electrons. The van der Waals surface area contributed by atoms with E-state index < -0.39 is 0 Å². The predicted molar refractivity (Wildman–Crippen MR) is 99.4 cm³/mol. The molecule has 3 aromatic carbocycles. The van der Waals surface area contributed by atoms with Gasteiger partial charge in [-0.15, -0.1) is 0 Å². The second kappa shape index (κ2) is 7.60. The molecule has 0 heteroatoms. The maximum absolute atomic E-state index is 2.37. The first-order valence-corrected chi connectivity index (χ1v) is 8.15. The van der Waals surface area contributed by atoms with Crippen LogP contribution in [-0.2, 0) is 12.8 Å². The molecule has 0 unspecified atom stereocenters. The molecule has 0 heterocycles. The number of aryl methyl sites for hydroxylation is 1. The zero-order valence-electron chi connectivity index (χ0n) is 13.6. The summed E-state index contributed by atoms with van der Waals surface area (Å²) in [6.45, 7) is 2.13. The molecule has 23 heavy (non-hydrogen) atoms. The molecule has 3 aromatic rings. The van der Waals surface area contributed by atoms with Gasteiger partial charge in [0.15, 0.2) is 0 Å². The largest absolute Gasteiger partial charge is 0.0760 e. The fourth-order valence-electron chi connectivity index (χ4n) is 2.73. The molecule has 0 aliphatic rings. The van der Waals surface area contributed by atoms with E-state index in [1.807, 2.05) is 0 Å². The lowest BCUT2D eigenvalue weighted by Gasteiger charge is -2.09. The highest BCUT2D eigenvalue weighted by molar-refractivity contribution is 5.68. The van der Waals surface area contributed by atoms with Crippen molar-refractivity contribution in [2.75, 3.05) is 0 Å². The summed E-state index contributed by atoms with van der Waals surface area (Å²) >= 11 is 0. The summed E-state index contributed by atoms with van der Waals surface area (Å²) in [5, 5.41) is 0. The Hall–Kier alpha value is -2.60. The normalized spacial score (nSPS) is 11.4. The van der Waals surface area contributed by atoms with Crippen molar-refractivity contribution in [3.8, 4) is 0 Å². The quantitative estimate of drug-likeness (QED) is 0.553. The Morgan fingerprint density at radius 1 is 0.696 bits per heavy atom. The van der Waals surface area contributed by atoms with Gasteiger partial charge in [-0.2, -0.15) is 0 Å². The molecule has 0 bridgehead atoms. The third-order valence-electron chi connectivity index (χ3n) is 4.09. The lowest BCUT2D eigenvalue weighted by atomic mass is 9.96. The maximum atomic E-state index is 2.37. The first-order valence-electron chi connectivity index (χ1n) is 8.15. The smallest absolute Gasteiger partial charge is 0.00229 e. The summed E-state index contributed by atoms with van der Waals surface area (Å²) in [5.74, 6) is 0. The van der Waals surface area contributed by atoms with E-state index in [0.29, 0.717) is 0 Å². The number of hydrogen-bond donors (Lipinski definition) is 0. The minimum absolute atomic E-state index is 0.969. The van der Waals surface area contributed by atoms with Gasteiger partial charge in [0, 0.05) is 0 Å². The summed E-state index contributed by atoms with van der Waals surface area (Å²) in [4.78, 5) is 0. The molecule has 0 atom stereocenters. The molecule has 0 N–H and O–H groups in total.